The molecule has 2 aliphatic heterocycles. The number of carbonyl (C=O) groups excluding carboxylic acids is 4. The molecule has 392 valence electrons. The molecule has 0 radical (unpaired) electrons. The molecule has 2 aliphatic rings. The van der Waals surface area contributed by atoms with Crippen LogP contribution >= 0.6 is 11.6 Å². The maximum Gasteiger partial charge on any atom is 0.345 e. The van der Waals surface area contributed by atoms with E-state index in [1.165, 1.54) is 24.3 Å². The number of anilines is 2. The first-order valence-corrected chi connectivity index (χ1v) is 25.5. The number of fused-ring (bicyclic) bond motifs is 2. The second kappa shape index (κ2) is 26.2. The number of aromatic nitrogens is 2. The zero-order chi connectivity index (χ0) is 52.7. The summed E-state index contributed by atoms with van der Waals surface area (Å²) < 4.78 is 36.3. The van der Waals surface area contributed by atoms with E-state index in [0.29, 0.717) is 98.5 Å². The summed E-state index contributed by atoms with van der Waals surface area (Å²) in [4.78, 5) is 73.8. The van der Waals surface area contributed by atoms with Crippen molar-refractivity contribution in [1.29, 1.82) is 0 Å². The molecule has 4 heterocycles. The van der Waals surface area contributed by atoms with Crippen LogP contribution in [-0.2, 0) is 9.47 Å². The van der Waals surface area contributed by atoms with Gasteiger partial charge in [-0.15, -0.1) is 0 Å². The van der Waals surface area contributed by atoms with Crippen LogP contribution in [-0.4, -0.2) is 173 Å². The van der Waals surface area contributed by atoms with Crippen LogP contribution in [0, 0.1) is 5.82 Å². The summed E-state index contributed by atoms with van der Waals surface area (Å²) in [7, 11) is 8.01. The van der Waals surface area contributed by atoms with Crippen LogP contribution in [0.4, 0.5) is 15.8 Å². The largest absolute Gasteiger partial charge is 0.477 e. The Kier molecular flexibility index (Phi) is 19.4. The molecule has 8 rings (SSSR count). The van der Waals surface area contributed by atoms with Crippen molar-refractivity contribution in [1.82, 2.24) is 29.6 Å². The minimum absolute atomic E-state index is 0.0357. The number of carbonyl (C=O) groups is 4. The van der Waals surface area contributed by atoms with Crippen LogP contribution in [0.1, 0.15) is 68.1 Å². The first-order chi connectivity index (χ1) is 35.8. The van der Waals surface area contributed by atoms with Gasteiger partial charge < -0.3 is 48.3 Å². The molecule has 0 spiro atoms. The number of ether oxygens (including phenoxy) is 4. The van der Waals surface area contributed by atoms with Crippen molar-refractivity contribution in [3.63, 3.8) is 0 Å². The molecule has 4 aromatic carbocycles. The molecule has 6 aromatic rings. The molecular formula is C56H66ClFN8O8. The lowest BCUT2D eigenvalue weighted by Gasteiger charge is -2.37. The third-order valence-corrected chi connectivity index (χ3v) is 12.8. The summed E-state index contributed by atoms with van der Waals surface area (Å²) in [5.41, 5.74) is 4.61. The number of nitrogens with zero attached hydrogens (tertiary/aromatic N) is 8. The van der Waals surface area contributed by atoms with E-state index in [1.54, 1.807) is 43.0 Å². The fourth-order valence-electron chi connectivity index (χ4n) is 8.90. The standard InChI is InChI=1S/C28H33ClN4O4.C28H33FN4O4/c2*1-4-36-28(35)24-25(22-8-5-6-9-23(22)30-26(24)37-19-7-14-31(2)3)32-15-17-33(18-16-32)27(34)20-10-12-21(29)13-11-20/h2*5-6,8-13H,4,7,14-19H2,1-3H3. The molecule has 0 atom stereocenters. The number of para-hydroxylation sites is 2. The van der Waals surface area contributed by atoms with Gasteiger partial charge in [0.1, 0.15) is 16.9 Å². The Morgan fingerprint density at radius 3 is 1.31 bits per heavy atom. The Morgan fingerprint density at radius 1 is 0.554 bits per heavy atom. The zero-order valence-electron chi connectivity index (χ0n) is 43.2. The van der Waals surface area contributed by atoms with Gasteiger partial charge in [-0.25, -0.2) is 23.9 Å². The number of rotatable bonds is 18. The van der Waals surface area contributed by atoms with Gasteiger partial charge in [-0.3, -0.25) is 9.59 Å². The molecule has 2 fully saturated rings. The number of esters is 2. The molecule has 0 N–H and O–H groups in total. The summed E-state index contributed by atoms with van der Waals surface area (Å²) in [6, 6.07) is 27.9. The predicted octanol–water partition coefficient (Wildman–Crippen LogP) is 8.20. The van der Waals surface area contributed by atoms with Crippen molar-refractivity contribution in [2.75, 3.05) is 130 Å². The maximum absolute atomic E-state index is 13.3. The van der Waals surface area contributed by atoms with Crippen LogP contribution in [0.3, 0.4) is 0 Å². The van der Waals surface area contributed by atoms with E-state index in [9.17, 15) is 23.6 Å². The Morgan fingerprint density at radius 2 is 0.932 bits per heavy atom. The van der Waals surface area contributed by atoms with Gasteiger partial charge >= 0.3 is 11.9 Å². The zero-order valence-corrected chi connectivity index (χ0v) is 43.9. The number of hydrogen-bond acceptors (Lipinski definition) is 14. The van der Waals surface area contributed by atoms with Gasteiger partial charge in [0, 0.05) is 92.4 Å². The molecule has 2 amide bonds. The molecule has 16 nitrogen and oxygen atoms in total. The van der Waals surface area contributed by atoms with Crippen molar-refractivity contribution >= 4 is 68.5 Å². The van der Waals surface area contributed by atoms with E-state index in [1.807, 2.05) is 81.6 Å². The SMILES string of the molecule is CCOC(=O)c1c(OCCCN(C)C)nc2ccccc2c1N1CCN(C(=O)c2ccc(Cl)cc2)CC1.CCOC(=O)c1c(OCCCN(C)C)nc2ccccc2c1N1CCN(C(=O)c2ccc(F)cc2)CC1. The van der Waals surface area contributed by atoms with Gasteiger partial charge in [0.2, 0.25) is 11.8 Å². The monoisotopic (exact) mass is 1030 g/mol. The highest BCUT2D eigenvalue weighted by atomic mass is 35.5. The fraction of sp³-hybridized carbons (Fsp3) is 0.393. The molecule has 0 unspecified atom stereocenters. The fourth-order valence-corrected chi connectivity index (χ4v) is 9.03. The summed E-state index contributed by atoms with van der Waals surface area (Å²) in [6.07, 6.45) is 1.58. The molecule has 74 heavy (non-hydrogen) atoms. The van der Waals surface area contributed by atoms with Crippen LogP contribution in [0.5, 0.6) is 11.8 Å². The predicted molar refractivity (Wildman–Crippen MR) is 287 cm³/mol. The van der Waals surface area contributed by atoms with E-state index in [-0.39, 0.29) is 42.6 Å². The average Bonchev–Trinajstić information content (AvgIpc) is 3.40. The summed E-state index contributed by atoms with van der Waals surface area (Å²) in [6.45, 7) is 10.6. The lowest BCUT2D eigenvalue weighted by Crippen LogP contribution is -2.49. The van der Waals surface area contributed by atoms with Crippen LogP contribution in [0.25, 0.3) is 21.8 Å². The number of piperazine rings is 2. The molecule has 0 saturated carbocycles. The van der Waals surface area contributed by atoms with Crippen LogP contribution < -0.4 is 19.3 Å². The van der Waals surface area contributed by atoms with E-state index in [0.717, 1.165) is 53.4 Å². The molecule has 2 saturated heterocycles. The molecule has 0 aliphatic carbocycles. The van der Waals surface area contributed by atoms with E-state index >= 15 is 0 Å². The van der Waals surface area contributed by atoms with Crippen LogP contribution in [0.2, 0.25) is 5.02 Å². The van der Waals surface area contributed by atoms with Crippen molar-refractivity contribution in [2.24, 2.45) is 0 Å². The highest BCUT2D eigenvalue weighted by Gasteiger charge is 2.33. The Hall–Kier alpha value is -7.08. The van der Waals surface area contributed by atoms with Gasteiger partial charge in [0.05, 0.1) is 48.8 Å². The van der Waals surface area contributed by atoms with E-state index in [4.69, 9.17) is 35.5 Å². The number of halogens is 2. The highest BCUT2D eigenvalue weighted by molar-refractivity contribution is 6.30. The first-order valence-electron chi connectivity index (χ1n) is 25.1. The molecule has 18 heteroatoms. The van der Waals surface area contributed by atoms with E-state index in [2.05, 4.69) is 24.6 Å². The number of amides is 2. The minimum atomic E-state index is -0.483. The van der Waals surface area contributed by atoms with Crippen molar-refractivity contribution in [3.05, 3.63) is 130 Å². The average molecular weight is 1030 g/mol. The van der Waals surface area contributed by atoms with Crippen molar-refractivity contribution in [2.45, 2.75) is 26.7 Å². The molecule has 0 bridgehead atoms. The highest BCUT2D eigenvalue weighted by Crippen LogP contribution is 2.39. The van der Waals surface area contributed by atoms with Gasteiger partial charge in [0.25, 0.3) is 11.8 Å². The van der Waals surface area contributed by atoms with Crippen molar-refractivity contribution in [3.8, 4) is 11.8 Å². The van der Waals surface area contributed by atoms with Gasteiger partial charge in [-0.05, 0) is 116 Å². The van der Waals surface area contributed by atoms with Gasteiger partial charge in [-0.2, -0.15) is 0 Å². The number of pyridine rings is 2. The van der Waals surface area contributed by atoms with E-state index < -0.39 is 11.9 Å². The van der Waals surface area contributed by atoms with Gasteiger partial charge in [0.15, 0.2) is 0 Å². The Labute approximate surface area is 437 Å². The normalized spacial score (nSPS) is 13.8. The quantitative estimate of drug-likeness (QED) is 0.0601. The third-order valence-electron chi connectivity index (χ3n) is 12.5. The topological polar surface area (TPSA) is 150 Å². The lowest BCUT2D eigenvalue weighted by molar-refractivity contribution is 0.0511. The maximum atomic E-state index is 13.3. The molecule has 2 aromatic heterocycles. The van der Waals surface area contributed by atoms with Crippen molar-refractivity contribution < 1.29 is 42.5 Å². The smallest absolute Gasteiger partial charge is 0.345 e. The number of benzene rings is 4. The Bertz CT molecular complexity index is 2680. The second-order valence-electron chi connectivity index (χ2n) is 18.3. The summed E-state index contributed by atoms with van der Waals surface area (Å²) >= 11 is 5.98. The summed E-state index contributed by atoms with van der Waals surface area (Å²) in [5.74, 6) is -0.958. The minimum Gasteiger partial charge on any atom is -0.477 e. The van der Waals surface area contributed by atoms with Gasteiger partial charge in [-0.1, -0.05) is 48.0 Å². The second-order valence-corrected chi connectivity index (χ2v) is 18.8. The number of hydrogen-bond donors (Lipinski definition) is 0. The lowest BCUT2D eigenvalue weighted by atomic mass is 10.1. The summed E-state index contributed by atoms with van der Waals surface area (Å²) in [5, 5.41) is 2.27. The van der Waals surface area contributed by atoms with Crippen LogP contribution in [0.15, 0.2) is 97.1 Å². The Balaban J connectivity index is 0.000000216. The molecular weight excluding hydrogens is 967 g/mol. The third kappa shape index (κ3) is 13.7. The first kappa shape index (κ1) is 54.7.